The third-order valence-electron chi connectivity index (χ3n) is 4.47. The maximum atomic E-state index is 12.2. The van der Waals surface area contributed by atoms with E-state index >= 15 is 0 Å². The third-order valence-corrected chi connectivity index (χ3v) is 4.47. The molecule has 1 aromatic carbocycles. The second-order valence-corrected chi connectivity index (χ2v) is 7.10. The minimum atomic E-state index is -0.259. The number of fused-ring (bicyclic) bond motifs is 1. The summed E-state index contributed by atoms with van der Waals surface area (Å²) in [5.41, 5.74) is 0.654. The Bertz CT molecular complexity index is 822. The maximum absolute atomic E-state index is 12.2. The SMILES string of the molecule is Cn1cnn(CCC(=O)NCC2CC(C)(C)Oc3ccccc32)c1=O. The van der Waals surface area contributed by atoms with Crippen LogP contribution in [0.5, 0.6) is 5.75 Å². The van der Waals surface area contributed by atoms with Gasteiger partial charge in [-0.25, -0.2) is 9.48 Å². The number of ether oxygens (including phenoxy) is 1. The highest BCUT2D eigenvalue weighted by atomic mass is 16.5. The van der Waals surface area contributed by atoms with Crippen molar-refractivity contribution in [1.82, 2.24) is 19.7 Å². The van der Waals surface area contributed by atoms with Gasteiger partial charge in [0.1, 0.15) is 17.7 Å². The summed E-state index contributed by atoms with van der Waals surface area (Å²) < 4.78 is 8.70. The fraction of sp³-hybridized carbons (Fsp3) is 0.500. The van der Waals surface area contributed by atoms with E-state index in [4.69, 9.17) is 4.74 Å². The number of nitrogens with one attached hydrogen (secondary N) is 1. The molecule has 2 heterocycles. The van der Waals surface area contributed by atoms with E-state index < -0.39 is 0 Å². The molecule has 0 fully saturated rings. The van der Waals surface area contributed by atoms with Gasteiger partial charge >= 0.3 is 5.69 Å². The molecule has 0 saturated heterocycles. The van der Waals surface area contributed by atoms with Crippen LogP contribution in [0.25, 0.3) is 0 Å². The molecule has 2 aromatic rings. The van der Waals surface area contributed by atoms with E-state index in [1.54, 1.807) is 7.05 Å². The molecule has 1 amide bonds. The minimum Gasteiger partial charge on any atom is -0.488 e. The Morgan fingerprint density at radius 3 is 2.88 bits per heavy atom. The molecule has 1 aromatic heterocycles. The van der Waals surface area contributed by atoms with Crippen molar-refractivity contribution in [2.75, 3.05) is 6.54 Å². The molecule has 7 heteroatoms. The van der Waals surface area contributed by atoms with Gasteiger partial charge in [-0.3, -0.25) is 9.36 Å². The number of hydrogen-bond acceptors (Lipinski definition) is 4. The van der Waals surface area contributed by atoms with Crippen LogP contribution in [-0.4, -0.2) is 32.4 Å². The fourth-order valence-electron chi connectivity index (χ4n) is 3.24. The first-order valence-electron chi connectivity index (χ1n) is 8.49. The van der Waals surface area contributed by atoms with Crippen LogP contribution in [0, 0.1) is 0 Å². The Morgan fingerprint density at radius 2 is 2.16 bits per heavy atom. The molecular formula is C18H24N4O3. The second-order valence-electron chi connectivity index (χ2n) is 7.10. The highest BCUT2D eigenvalue weighted by Gasteiger charge is 2.33. The average Bonchev–Trinajstić information content (AvgIpc) is 2.88. The summed E-state index contributed by atoms with van der Waals surface area (Å²) in [5.74, 6) is 1.01. The van der Waals surface area contributed by atoms with Gasteiger partial charge in [0.15, 0.2) is 0 Å². The molecule has 1 aliphatic heterocycles. The number of carbonyl (C=O) groups excluding carboxylic acids is 1. The fourth-order valence-corrected chi connectivity index (χ4v) is 3.24. The molecule has 0 radical (unpaired) electrons. The van der Waals surface area contributed by atoms with Gasteiger partial charge in [-0.1, -0.05) is 18.2 Å². The van der Waals surface area contributed by atoms with Crippen LogP contribution >= 0.6 is 0 Å². The van der Waals surface area contributed by atoms with E-state index in [2.05, 4.69) is 30.3 Å². The number of aromatic nitrogens is 3. The number of hydrogen-bond donors (Lipinski definition) is 1. The summed E-state index contributed by atoms with van der Waals surface area (Å²) in [6.07, 6.45) is 2.51. The summed E-state index contributed by atoms with van der Waals surface area (Å²) in [6.45, 7) is 4.96. The number of carbonyl (C=O) groups is 1. The Hall–Kier alpha value is -2.57. The highest BCUT2D eigenvalue weighted by Crippen LogP contribution is 2.40. The molecule has 3 rings (SSSR count). The lowest BCUT2D eigenvalue weighted by molar-refractivity contribution is -0.121. The van der Waals surface area contributed by atoms with Gasteiger partial charge in [-0.2, -0.15) is 5.10 Å². The Morgan fingerprint density at radius 1 is 1.40 bits per heavy atom. The molecule has 1 atom stereocenters. The minimum absolute atomic E-state index is 0.0840. The number of benzene rings is 1. The van der Waals surface area contributed by atoms with Crippen molar-refractivity contribution in [2.45, 2.75) is 44.8 Å². The van der Waals surface area contributed by atoms with Crippen molar-refractivity contribution in [1.29, 1.82) is 0 Å². The van der Waals surface area contributed by atoms with Gasteiger partial charge < -0.3 is 10.1 Å². The van der Waals surface area contributed by atoms with Crippen molar-refractivity contribution in [2.24, 2.45) is 7.05 Å². The molecular weight excluding hydrogens is 320 g/mol. The number of para-hydroxylation sites is 1. The van der Waals surface area contributed by atoms with Crippen LogP contribution in [0.15, 0.2) is 35.4 Å². The van der Waals surface area contributed by atoms with E-state index in [0.717, 1.165) is 17.7 Å². The zero-order chi connectivity index (χ0) is 18.0. The lowest BCUT2D eigenvalue weighted by Crippen LogP contribution is -2.39. The van der Waals surface area contributed by atoms with Crippen LogP contribution in [0.2, 0.25) is 0 Å². The molecule has 134 valence electrons. The highest BCUT2D eigenvalue weighted by molar-refractivity contribution is 5.75. The maximum Gasteiger partial charge on any atom is 0.345 e. The molecule has 0 spiro atoms. The number of rotatable bonds is 5. The molecule has 1 N–H and O–H groups in total. The van der Waals surface area contributed by atoms with E-state index in [1.165, 1.54) is 15.6 Å². The first kappa shape index (κ1) is 17.3. The quantitative estimate of drug-likeness (QED) is 0.890. The second kappa shape index (κ2) is 6.74. The van der Waals surface area contributed by atoms with E-state index in [1.807, 2.05) is 18.2 Å². The van der Waals surface area contributed by atoms with Crippen LogP contribution in [0.3, 0.4) is 0 Å². The molecule has 0 aliphatic carbocycles. The number of aryl methyl sites for hydroxylation is 2. The van der Waals surface area contributed by atoms with Crippen molar-refractivity contribution in [3.05, 3.63) is 46.6 Å². The van der Waals surface area contributed by atoms with Gasteiger partial charge in [0, 0.05) is 25.9 Å². The van der Waals surface area contributed by atoms with Crippen LogP contribution in [0.4, 0.5) is 0 Å². The monoisotopic (exact) mass is 344 g/mol. The van der Waals surface area contributed by atoms with Gasteiger partial charge in [-0.15, -0.1) is 0 Å². The molecule has 25 heavy (non-hydrogen) atoms. The van der Waals surface area contributed by atoms with Gasteiger partial charge in [0.25, 0.3) is 0 Å². The standard InChI is InChI=1S/C18H24N4O3/c1-18(2)10-13(14-6-4-5-7-15(14)25-18)11-19-16(23)8-9-22-17(24)21(3)12-20-22/h4-7,12-13H,8-11H2,1-3H3,(H,19,23). The van der Waals surface area contributed by atoms with Crippen LogP contribution in [0.1, 0.15) is 38.2 Å². The van der Waals surface area contributed by atoms with Crippen LogP contribution in [-0.2, 0) is 18.4 Å². The zero-order valence-corrected chi connectivity index (χ0v) is 14.9. The molecule has 1 unspecified atom stereocenters. The summed E-state index contributed by atoms with van der Waals surface area (Å²) in [6, 6.07) is 7.97. The van der Waals surface area contributed by atoms with Gasteiger partial charge in [0.2, 0.25) is 5.91 Å². The average molecular weight is 344 g/mol. The topological polar surface area (TPSA) is 78.2 Å². The van der Waals surface area contributed by atoms with E-state index in [9.17, 15) is 9.59 Å². The number of amides is 1. The first-order valence-corrected chi connectivity index (χ1v) is 8.49. The van der Waals surface area contributed by atoms with Crippen molar-refractivity contribution >= 4 is 5.91 Å². The summed E-state index contributed by atoms with van der Waals surface area (Å²) in [4.78, 5) is 23.9. The Kier molecular flexibility index (Phi) is 4.65. The van der Waals surface area contributed by atoms with Crippen LogP contribution < -0.4 is 15.7 Å². The Balaban J connectivity index is 1.58. The molecule has 0 saturated carbocycles. The normalized spacial score (nSPS) is 18.3. The van der Waals surface area contributed by atoms with Crippen molar-refractivity contribution in [3.8, 4) is 5.75 Å². The predicted octanol–water partition coefficient (Wildman–Crippen LogP) is 1.43. The van der Waals surface area contributed by atoms with E-state index in [-0.39, 0.29) is 36.1 Å². The van der Waals surface area contributed by atoms with Gasteiger partial charge in [0.05, 0.1) is 6.54 Å². The summed E-state index contributed by atoms with van der Waals surface area (Å²) in [7, 11) is 1.64. The van der Waals surface area contributed by atoms with Crippen molar-refractivity contribution < 1.29 is 9.53 Å². The van der Waals surface area contributed by atoms with Gasteiger partial charge in [-0.05, 0) is 31.9 Å². The Labute approximate surface area is 146 Å². The first-order chi connectivity index (χ1) is 11.9. The predicted molar refractivity (Wildman–Crippen MR) is 93.6 cm³/mol. The smallest absolute Gasteiger partial charge is 0.345 e. The summed E-state index contributed by atoms with van der Waals surface area (Å²) in [5, 5.41) is 6.94. The zero-order valence-electron chi connectivity index (χ0n) is 14.9. The number of nitrogens with zero attached hydrogens (tertiary/aromatic N) is 3. The lowest BCUT2D eigenvalue weighted by atomic mass is 9.84. The molecule has 0 bridgehead atoms. The van der Waals surface area contributed by atoms with Crippen molar-refractivity contribution in [3.63, 3.8) is 0 Å². The third kappa shape index (κ3) is 3.92. The lowest BCUT2D eigenvalue weighted by Gasteiger charge is -2.37. The largest absolute Gasteiger partial charge is 0.488 e. The molecule has 7 nitrogen and oxygen atoms in total. The summed E-state index contributed by atoms with van der Waals surface area (Å²) >= 11 is 0. The van der Waals surface area contributed by atoms with E-state index in [0.29, 0.717) is 6.54 Å². The molecule has 1 aliphatic rings.